The summed E-state index contributed by atoms with van der Waals surface area (Å²) in [4.78, 5) is 25.7. The molecule has 0 saturated carbocycles. The predicted octanol–water partition coefficient (Wildman–Crippen LogP) is 2.53. The monoisotopic (exact) mass is 290 g/mol. The van der Waals surface area contributed by atoms with E-state index in [0.29, 0.717) is 22.9 Å². The van der Waals surface area contributed by atoms with E-state index in [1.54, 1.807) is 25.3 Å². The van der Waals surface area contributed by atoms with Gasteiger partial charge >= 0.3 is 0 Å². The molecule has 0 spiro atoms. The van der Waals surface area contributed by atoms with Crippen LogP contribution < -0.4 is 10.1 Å². The Hall–Kier alpha value is -2.04. The fourth-order valence-corrected chi connectivity index (χ4v) is 2.70. The van der Waals surface area contributed by atoms with E-state index >= 15 is 0 Å². The number of hydrogen-bond donors (Lipinski definition) is 1. The minimum Gasteiger partial charge on any atom is -0.496 e. The summed E-state index contributed by atoms with van der Waals surface area (Å²) < 4.78 is 5.28. The van der Waals surface area contributed by atoms with Crippen molar-refractivity contribution in [2.24, 2.45) is 5.92 Å². The predicted molar refractivity (Wildman–Crippen MR) is 81.6 cm³/mol. The Morgan fingerprint density at radius 2 is 2.14 bits per heavy atom. The number of carbonyl (C=O) groups is 2. The number of piperidine rings is 1. The second kappa shape index (κ2) is 6.61. The molecule has 1 saturated heterocycles. The van der Waals surface area contributed by atoms with Gasteiger partial charge in [0.2, 0.25) is 5.91 Å². The van der Waals surface area contributed by atoms with E-state index in [1.165, 1.54) is 6.92 Å². The average molecular weight is 290 g/mol. The Morgan fingerprint density at radius 1 is 1.38 bits per heavy atom. The molecule has 2 rings (SSSR count). The first kappa shape index (κ1) is 15.4. The second-order valence-electron chi connectivity index (χ2n) is 5.59. The van der Waals surface area contributed by atoms with Crippen molar-refractivity contribution in [3.05, 3.63) is 23.8 Å². The minimum absolute atomic E-state index is 0.0365. The zero-order chi connectivity index (χ0) is 15.4. The molecule has 0 aliphatic carbocycles. The van der Waals surface area contributed by atoms with Crippen LogP contribution in [0.2, 0.25) is 0 Å². The number of rotatable bonds is 3. The van der Waals surface area contributed by atoms with E-state index in [9.17, 15) is 9.59 Å². The first-order valence-corrected chi connectivity index (χ1v) is 7.26. The summed E-state index contributed by atoms with van der Waals surface area (Å²) in [5.41, 5.74) is 1.11. The molecule has 1 aliphatic rings. The highest BCUT2D eigenvalue weighted by molar-refractivity contribution is 5.99. The van der Waals surface area contributed by atoms with E-state index in [4.69, 9.17) is 4.74 Å². The summed E-state index contributed by atoms with van der Waals surface area (Å²) in [6.07, 6.45) is 2.19. The zero-order valence-corrected chi connectivity index (χ0v) is 12.8. The van der Waals surface area contributed by atoms with Crippen molar-refractivity contribution in [2.75, 3.05) is 25.5 Å². The molecule has 1 aromatic rings. The minimum atomic E-state index is -0.162. The van der Waals surface area contributed by atoms with Gasteiger partial charge in [0.05, 0.1) is 12.7 Å². The van der Waals surface area contributed by atoms with Crippen LogP contribution in [-0.2, 0) is 4.79 Å². The van der Waals surface area contributed by atoms with Crippen LogP contribution in [0.3, 0.4) is 0 Å². The summed E-state index contributed by atoms with van der Waals surface area (Å²) in [5.74, 6) is 0.857. The van der Waals surface area contributed by atoms with Crippen molar-refractivity contribution in [2.45, 2.75) is 26.7 Å². The first-order chi connectivity index (χ1) is 10.0. The smallest absolute Gasteiger partial charge is 0.257 e. The number of anilines is 1. The van der Waals surface area contributed by atoms with Crippen molar-refractivity contribution in [3.63, 3.8) is 0 Å². The summed E-state index contributed by atoms with van der Waals surface area (Å²) >= 11 is 0. The normalized spacial score (nSPS) is 18.2. The Labute approximate surface area is 125 Å². The molecule has 1 aliphatic heterocycles. The number of nitrogens with zero attached hydrogens (tertiary/aromatic N) is 1. The molecule has 1 fully saturated rings. The molecule has 21 heavy (non-hydrogen) atoms. The van der Waals surface area contributed by atoms with Gasteiger partial charge < -0.3 is 15.0 Å². The highest BCUT2D eigenvalue weighted by Crippen LogP contribution is 2.26. The Kier molecular flexibility index (Phi) is 4.83. The lowest BCUT2D eigenvalue weighted by Crippen LogP contribution is -2.39. The van der Waals surface area contributed by atoms with Crippen LogP contribution in [0.5, 0.6) is 5.75 Å². The van der Waals surface area contributed by atoms with E-state index in [0.717, 1.165) is 25.9 Å². The second-order valence-corrected chi connectivity index (χ2v) is 5.59. The van der Waals surface area contributed by atoms with Crippen molar-refractivity contribution in [3.8, 4) is 5.75 Å². The molecule has 1 aromatic carbocycles. The van der Waals surface area contributed by atoms with Crippen molar-refractivity contribution in [1.29, 1.82) is 0 Å². The quantitative estimate of drug-likeness (QED) is 0.930. The van der Waals surface area contributed by atoms with Gasteiger partial charge in [0.15, 0.2) is 0 Å². The van der Waals surface area contributed by atoms with Crippen LogP contribution in [-0.4, -0.2) is 36.9 Å². The number of methoxy groups -OCH3 is 1. The number of amides is 2. The third-order valence-electron chi connectivity index (χ3n) is 3.69. The van der Waals surface area contributed by atoms with Crippen LogP contribution >= 0.6 is 0 Å². The van der Waals surface area contributed by atoms with E-state index in [-0.39, 0.29) is 11.8 Å². The van der Waals surface area contributed by atoms with Gasteiger partial charge in [-0.2, -0.15) is 0 Å². The number of nitrogens with one attached hydrogen (secondary N) is 1. The maximum absolute atomic E-state index is 12.7. The molecule has 1 unspecified atom stereocenters. The highest BCUT2D eigenvalue weighted by atomic mass is 16.5. The highest BCUT2D eigenvalue weighted by Gasteiger charge is 2.24. The van der Waals surface area contributed by atoms with E-state index in [2.05, 4.69) is 12.2 Å². The maximum atomic E-state index is 12.7. The third kappa shape index (κ3) is 3.74. The number of hydrogen-bond acceptors (Lipinski definition) is 3. The lowest BCUT2D eigenvalue weighted by Gasteiger charge is -2.31. The maximum Gasteiger partial charge on any atom is 0.257 e. The molecule has 114 valence electrons. The zero-order valence-electron chi connectivity index (χ0n) is 12.8. The third-order valence-corrected chi connectivity index (χ3v) is 3.69. The SMILES string of the molecule is COc1ccc(NC(C)=O)cc1C(=O)N1CCCC(C)C1. The van der Waals surface area contributed by atoms with Crippen molar-refractivity contribution >= 4 is 17.5 Å². The van der Waals surface area contributed by atoms with E-state index < -0.39 is 0 Å². The molecule has 1 N–H and O–H groups in total. The number of benzene rings is 1. The summed E-state index contributed by atoms with van der Waals surface area (Å²) in [7, 11) is 1.54. The molecule has 0 radical (unpaired) electrons. The largest absolute Gasteiger partial charge is 0.496 e. The van der Waals surface area contributed by atoms with Gasteiger partial charge in [-0.1, -0.05) is 6.92 Å². The van der Waals surface area contributed by atoms with Crippen LogP contribution in [0.25, 0.3) is 0 Å². The first-order valence-electron chi connectivity index (χ1n) is 7.26. The van der Waals surface area contributed by atoms with Gasteiger partial charge in [-0.15, -0.1) is 0 Å². The Bertz CT molecular complexity index is 542. The van der Waals surface area contributed by atoms with Crippen LogP contribution in [0, 0.1) is 5.92 Å². The molecule has 0 aromatic heterocycles. The molecule has 5 heteroatoms. The van der Waals surface area contributed by atoms with Gasteiger partial charge in [0.1, 0.15) is 5.75 Å². The molecule has 1 heterocycles. The molecular weight excluding hydrogens is 268 g/mol. The summed E-state index contributed by atoms with van der Waals surface area (Å²) in [6, 6.07) is 5.13. The Morgan fingerprint density at radius 3 is 2.76 bits per heavy atom. The molecule has 2 amide bonds. The van der Waals surface area contributed by atoms with Gasteiger partial charge in [-0.05, 0) is 37.0 Å². The molecule has 0 bridgehead atoms. The molecular formula is C16H22N2O3. The van der Waals surface area contributed by atoms with Gasteiger partial charge in [-0.3, -0.25) is 9.59 Å². The van der Waals surface area contributed by atoms with Crippen LogP contribution in [0.15, 0.2) is 18.2 Å². The summed E-state index contributed by atoms with van der Waals surface area (Å²) in [6.45, 7) is 5.14. The van der Waals surface area contributed by atoms with Crippen LogP contribution in [0.4, 0.5) is 5.69 Å². The average Bonchev–Trinajstić information content (AvgIpc) is 2.46. The topological polar surface area (TPSA) is 58.6 Å². The van der Waals surface area contributed by atoms with Crippen molar-refractivity contribution in [1.82, 2.24) is 4.90 Å². The molecule has 5 nitrogen and oxygen atoms in total. The fraction of sp³-hybridized carbons (Fsp3) is 0.500. The van der Waals surface area contributed by atoms with Gasteiger partial charge in [0.25, 0.3) is 5.91 Å². The van der Waals surface area contributed by atoms with Crippen LogP contribution in [0.1, 0.15) is 37.0 Å². The van der Waals surface area contributed by atoms with Crippen molar-refractivity contribution < 1.29 is 14.3 Å². The molecule has 1 atom stereocenters. The number of likely N-dealkylation sites (tertiary alicyclic amines) is 1. The lowest BCUT2D eigenvalue weighted by atomic mass is 9.99. The standard InChI is InChI=1S/C16H22N2O3/c1-11-5-4-8-18(10-11)16(20)14-9-13(17-12(2)19)6-7-15(14)21-3/h6-7,9,11H,4-5,8,10H2,1-3H3,(H,17,19). The Balaban J connectivity index is 2.26. The van der Waals surface area contributed by atoms with Gasteiger partial charge in [0, 0.05) is 25.7 Å². The number of ether oxygens (including phenoxy) is 1. The summed E-state index contributed by atoms with van der Waals surface area (Å²) in [5, 5.41) is 2.70. The lowest BCUT2D eigenvalue weighted by molar-refractivity contribution is -0.114. The number of carbonyl (C=O) groups excluding carboxylic acids is 2. The van der Waals surface area contributed by atoms with Gasteiger partial charge in [-0.25, -0.2) is 0 Å². The fourth-order valence-electron chi connectivity index (χ4n) is 2.70. The van der Waals surface area contributed by atoms with E-state index in [1.807, 2.05) is 4.90 Å².